The number of rotatable bonds is 14. The summed E-state index contributed by atoms with van der Waals surface area (Å²) in [4.78, 5) is 45.7. The second-order valence-corrected chi connectivity index (χ2v) is 7.48. The zero-order valence-electron chi connectivity index (χ0n) is 19.7. The van der Waals surface area contributed by atoms with Crippen LogP contribution >= 0.6 is 0 Å². The Bertz CT molecular complexity index is 951. The molecule has 186 valence electrons. The van der Waals surface area contributed by atoms with Crippen LogP contribution in [0.2, 0.25) is 0 Å². The summed E-state index contributed by atoms with van der Waals surface area (Å²) in [6.07, 6.45) is 0. The first-order chi connectivity index (χ1) is 15.9. The van der Waals surface area contributed by atoms with Gasteiger partial charge in [-0.3, -0.25) is 14.9 Å². The maximum Gasteiger partial charge on any atom is 0.333 e. The number of hydrogen-bond acceptors (Lipinski definition) is 10. The van der Waals surface area contributed by atoms with Gasteiger partial charge in [0, 0.05) is 11.1 Å². The van der Waals surface area contributed by atoms with Gasteiger partial charge in [0.05, 0.1) is 22.5 Å². The first-order valence-electron chi connectivity index (χ1n) is 10.3. The number of nitro groups is 1. The number of carbonyl (C=O) groups is 3. The van der Waals surface area contributed by atoms with Crippen LogP contribution < -0.4 is 9.47 Å². The fourth-order valence-corrected chi connectivity index (χ4v) is 2.24. The molecule has 0 amide bonds. The van der Waals surface area contributed by atoms with E-state index in [0.717, 1.165) is 6.07 Å². The van der Waals surface area contributed by atoms with Crippen molar-refractivity contribution >= 4 is 23.6 Å². The van der Waals surface area contributed by atoms with Crippen molar-refractivity contribution in [3.8, 4) is 11.5 Å². The summed E-state index contributed by atoms with van der Waals surface area (Å²) in [7, 11) is 0. The summed E-state index contributed by atoms with van der Waals surface area (Å²) in [5, 5.41) is 11.6. The third kappa shape index (κ3) is 9.31. The Morgan fingerprint density at radius 1 is 0.882 bits per heavy atom. The van der Waals surface area contributed by atoms with E-state index in [4.69, 9.17) is 23.7 Å². The van der Waals surface area contributed by atoms with Crippen LogP contribution in [0.3, 0.4) is 0 Å². The van der Waals surface area contributed by atoms with Gasteiger partial charge in [-0.15, -0.1) is 0 Å². The number of ether oxygens (including phenoxy) is 5. The molecule has 0 bridgehead atoms. The zero-order chi connectivity index (χ0) is 25.8. The lowest BCUT2D eigenvalue weighted by Crippen LogP contribution is -2.17. The minimum Gasteiger partial charge on any atom is -0.486 e. The minimum atomic E-state index is -0.711. The van der Waals surface area contributed by atoms with E-state index in [0.29, 0.717) is 0 Å². The van der Waals surface area contributed by atoms with E-state index in [1.54, 1.807) is 13.8 Å². The number of nitrogens with zero attached hydrogens (tertiary/aromatic N) is 1. The van der Waals surface area contributed by atoms with Gasteiger partial charge in [0.1, 0.15) is 33.0 Å². The Morgan fingerprint density at radius 3 is 1.88 bits per heavy atom. The lowest BCUT2D eigenvalue weighted by atomic mass is 10.1. The van der Waals surface area contributed by atoms with Crippen LogP contribution in [0, 0.1) is 16.0 Å². The highest BCUT2D eigenvalue weighted by Gasteiger charge is 2.22. The van der Waals surface area contributed by atoms with Crippen LogP contribution in [0.25, 0.3) is 0 Å². The quantitative estimate of drug-likeness (QED) is 0.0974. The molecule has 0 fully saturated rings. The Hall–Kier alpha value is -3.89. The van der Waals surface area contributed by atoms with E-state index in [1.165, 1.54) is 19.9 Å². The maximum absolute atomic E-state index is 11.7. The average Bonchev–Trinajstić information content (AvgIpc) is 2.77. The van der Waals surface area contributed by atoms with Crippen molar-refractivity contribution in [3.05, 3.63) is 52.1 Å². The number of benzene rings is 1. The first-order valence-corrected chi connectivity index (χ1v) is 10.3. The molecule has 11 nitrogen and oxygen atoms in total. The van der Waals surface area contributed by atoms with Gasteiger partial charge >= 0.3 is 17.9 Å². The van der Waals surface area contributed by atoms with Crippen LogP contribution in [-0.2, 0) is 35.2 Å². The van der Waals surface area contributed by atoms with Gasteiger partial charge < -0.3 is 23.7 Å². The molecule has 0 aliphatic rings. The van der Waals surface area contributed by atoms with Crippen molar-refractivity contribution in [2.45, 2.75) is 34.3 Å². The van der Waals surface area contributed by atoms with Crippen LogP contribution in [0.5, 0.6) is 11.5 Å². The Balaban J connectivity index is 3.06. The highest BCUT2D eigenvalue weighted by molar-refractivity contribution is 5.87. The summed E-state index contributed by atoms with van der Waals surface area (Å²) in [6.45, 7) is 12.4. The van der Waals surface area contributed by atoms with E-state index in [9.17, 15) is 24.5 Å². The second-order valence-electron chi connectivity index (χ2n) is 7.48. The topological polar surface area (TPSA) is 140 Å². The van der Waals surface area contributed by atoms with Crippen molar-refractivity contribution in [1.82, 2.24) is 0 Å². The lowest BCUT2D eigenvalue weighted by molar-refractivity contribution is -0.385. The van der Waals surface area contributed by atoms with Gasteiger partial charge in [0.2, 0.25) is 0 Å². The molecular formula is C23H29NO10. The molecule has 0 atom stereocenters. The SMILES string of the molecule is C=C(C)C(=O)OCCOc1cc([N+](=O)[O-])c(COC(=O)C(=C)C)cc1OCCOC(=O)C(C)C. The predicted molar refractivity (Wildman–Crippen MR) is 120 cm³/mol. The normalized spacial score (nSPS) is 10.3. The summed E-state index contributed by atoms with van der Waals surface area (Å²) < 4.78 is 26.2. The number of esters is 3. The molecule has 1 aromatic carbocycles. The molecule has 0 saturated heterocycles. The maximum atomic E-state index is 11.7. The number of hydrogen-bond donors (Lipinski definition) is 0. The van der Waals surface area contributed by atoms with Gasteiger partial charge in [0.25, 0.3) is 5.69 Å². The van der Waals surface area contributed by atoms with E-state index < -0.39 is 29.4 Å². The molecule has 0 radical (unpaired) electrons. The molecule has 0 saturated carbocycles. The molecular weight excluding hydrogens is 450 g/mol. The largest absolute Gasteiger partial charge is 0.486 e. The van der Waals surface area contributed by atoms with Gasteiger partial charge in [-0.1, -0.05) is 27.0 Å². The molecule has 1 rings (SSSR count). The molecule has 0 aliphatic carbocycles. The predicted octanol–water partition coefficient (Wildman–Crippen LogP) is 3.29. The van der Waals surface area contributed by atoms with E-state index in [-0.39, 0.29) is 66.2 Å². The fourth-order valence-electron chi connectivity index (χ4n) is 2.24. The first kappa shape index (κ1) is 28.1. The van der Waals surface area contributed by atoms with Crippen molar-refractivity contribution in [2.75, 3.05) is 26.4 Å². The molecule has 11 heteroatoms. The summed E-state index contributed by atoms with van der Waals surface area (Å²) in [5.41, 5.74) is 0.0245. The van der Waals surface area contributed by atoms with Crippen LogP contribution in [-0.4, -0.2) is 49.3 Å². The van der Waals surface area contributed by atoms with Crippen LogP contribution in [0.4, 0.5) is 5.69 Å². The van der Waals surface area contributed by atoms with E-state index in [1.807, 2.05) is 0 Å². The van der Waals surface area contributed by atoms with Crippen molar-refractivity contribution in [1.29, 1.82) is 0 Å². The van der Waals surface area contributed by atoms with Gasteiger partial charge in [-0.2, -0.15) is 0 Å². The highest BCUT2D eigenvalue weighted by Crippen LogP contribution is 2.35. The fraction of sp³-hybridized carbons (Fsp3) is 0.435. The summed E-state index contributed by atoms with van der Waals surface area (Å²) >= 11 is 0. The monoisotopic (exact) mass is 479 g/mol. The molecule has 0 heterocycles. The van der Waals surface area contributed by atoms with Crippen molar-refractivity contribution < 1.29 is 43.0 Å². The van der Waals surface area contributed by atoms with Crippen LogP contribution in [0.15, 0.2) is 36.4 Å². The minimum absolute atomic E-state index is 0.0109. The average molecular weight is 479 g/mol. The van der Waals surface area contributed by atoms with Crippen LogP contribution in [0.1, 0.15) is 33.3 Å². The number of carbonyl (C=O) groups excluding carboxylic acids is 3. The zero-order valence-corrected chi connectivity index (χ0v) is 19.7. The van der Waals surface area contributed by atoms with E-state index >= 15 is 0 Å². The Kier molecular flexibility index (Phi) is 11.3. The van der Waals surface area contributed by atoms with E-state index in [2.05, 4.69) is 13.2 Å². The molecule has 0 aromatic heterocycles. The Morgan fingerprint density at radius 2 is 1.38 bits per heavy atom. The molecule has 0 aliphatic heterocycles. The van der Waals surface area contributed by atoms with Gasteiger partial charge in [-0.25, -0.2) is 9.59 Å². The van der Waals surface area contributed by atoms with Gasteiger partial charge in [0.15, 0.2) is 11.5 Å². The van der Waals surface area contributed by atoms with Crippen molar-refractivity contribution in [2.24, 2.45) is 5.92 Å². The van der Waals surface area contributed by atoms with Crippen molar-refractivity contribution in [3.63, 3.8) is 0 Å². The third-order valence-corrected chi connectivity index (χ3v) is 4.03. The second kappa shape index (κ2) is 13.6. The summed E-state index contributed by atoms with van der Waals surface area (Å²) in [6, 6.07) is 2.41. The molecule has 1 aromatic rings. The summed E-state index contributed by atoms with van der Waals surface area (Å²) in [5.74, 6) is -1.96. The third-order valence-electron chi connectivity index (χ3n) is 4.03. The smallest absolute Gasteiger partial charge is 0.333 e. The Labute approximate surface area is 197 Å². The molecule has 0 spiro atoms. The number of nitro benzene ring substituents is 1. The molecule has 34 heavy (non-hydrogen) atoms. The standard InChI is InChI=1S/C23H29NO10/c1-14(2)21(25)32-9-7-30-19-11-17(13-34-23(27)16(5)6)18(24(28)29)12-20(19)31-8-10-33-22(26)15(3)4/h11-12,14H,3,5,7-10,13H2,1-2,4,6H3. The highest BCUT2D eigenvalue weighted by atomic mass is 16.6. The molecule has 0 unspecified atom stereocenters. The lowest BCUT2D eigenvalue weighted by Gasteiger charge is -2.15. The van der Waals surface area contributed by atoms with Gasteiger partial charge in [-0.05, 0) is 19.9 Å². The molecule has 0 N–H and O–H groups in total.